The van der Waals surface area contributed by atoms with E-state index < -0.39 is 30.3 Å². The van der Waals surface area contributed by atoms with Crippen LogP contribution in [0.3, 0.4) is 0 Å². The number of rotatable bonds is 6. The van der Waals surface area contributed by atoms with E-state index in [9.17, 15) is 19.2 Å². The average molecular weight is 391 g/mol. The van der Waals surface area contributed by atoms with Crippen molar-refractivity contribution in [3.63, 3.8) is 0 Å². The number of benzene rings is 3. The zero-order valence-corrected chi connectivity index (χ0v) is 15.2. The molecular weight excluding hydrogens is 374 g/mol. The topological polar surface area (TPSA) is 142 Å². The Kier molecular flexibility index (Phi) is 5.54. The van der Waals surface area contributed by atoms with Gasteiger partial charge >= 0.3 is 5.97 Å². The zero-order valence-electron chi connectivity index (χ0n) is 15.2. The van der Waals surface area contributed by atoms with Crippen molar-refractivity contribution in [2.45, 2.75) is 0 Å². The molecule has 0 bridgehead atoms. The smallest absolute Gasteiger partial charge is 0.339 e. The minimum absolute atomic E-state index is 0.00403. The standard InChI is InChI=1S/C21H17N3O5/c22-19(26)13-8-14(20(23)27)10-15(9-13)24-18(25)11-29-21(28)17-7-3-5-12-4-1-2-6-16(12)17/h1-10H,11H2,(H2,22,26)(H2,23,27)(H,24,25). The molecule has 29 heavy (non-hydrogen) atoms. The number of primary amides is 2. The monoisotopic (exact) mass is 391 g/mol. The third-order valence-electron chi connectivity index (χ3n) is 4.13. The maximum absolute atomic E-state index is 12.4. The van der Waals surface area contributed by atoms with Gasteiger partial charge in [0.05, 0.1) is 5.56 Å². The highest BCUT2D eigenvalue weighted by Gasteiger charge is 2.15. The lowest BCUT2D eigenvalue weighted by Crippen LogP contribution is -2.22. The van der Waals surface area contributed by atoms with Crippen LogP contribution >= 0.6 is 0 Å². The molecule has 3 aromatic carbocycles. The largest absolute Gasteiger partial charge is 0.452 e. The van der Waals surface area contributed by atoms with Gasteiger partial charge in [0.2, 0.25) is 11.8 Å². The van der Waals surface area contributed by atoms with Gasteiger partial charge in [0.25, 0.3) is 5.91 Å². The molecule has 0 aliphatic rings. The predicted octanol–water partition coefficient (Wildman–Crippen LogP) is 1.83. The first-order chi connectivity index (χ1) is 13.8. The highest BCUT2D eigenvalue weighted by molar-refractivity contribution is 6.06. The third-order valence-corrected chi connectivity index (χ3v) is 4.13. The number of nitrogens with two attached hydrogens (primary N) is 2. The summed E-state index contributed by atoms with van der Waals surface area (Å²) < 4.78 is 5.09. The van der Waals surface area contributed by atoms with Crippen molar-refractivity contribution in [3.8, 4) is 0 Å². The Morgan fingerprint density at radius 2 is 1.45 bits per heavy atom. The highest BCUT2D eigenvalue weighted by atomic mass is 16.5. The van der Waals surface area contributed by atoms with Gasteiger partial charge in [0.15, 0.2) is 6.61 Å². The van der Waals surface area contributed by atoms with Crippen molar-refractivity contribution >= 4 is 40.2 Å². The van der Waals surface area contributed by atoms with Gasteiger partial charge in [-0.05, 0) is 35.0 Å². The van der Waals surface area contributed by atoms with Crippen LogP contribution in [0.4, 0.5) is 5.69 Å². The quantitative estimate of drug-likeness (QED) is 0.550. The molecule has 0 aromatic heterocycles. The Labute approximate surface area is 165 Å². The average Bonchev–Trinajstić information content (AvgIpc) is 2.71. The molecule has 3 rings (SSSR count). The van der Waals surface area contributed by atoms with E-state index in [4.69, 9.17) is 16.2 Å². The summed E-state index contributed by atoms with van der Waals surface area (Å²) in [6.07, 6.45) is 0. The molecule has 0 saturated carbocycles. The van der Waals surface area contributed by atoms with Crippen molar-refractivity contribution in [3.05, 3.63) is 77.4 Å². The van der Waals surface area contributed by atoms with Crippen LogP contribution in [0.5, 0.6) is 0 Å². The molecule has 0 unspecified atom stereocenters. The summed E-state index contributed by atoms with van der Waals surface area (Å²) in [6.45, 7) is -0.561. The molecule has 8 nitrogen and oxygen atoms in total. The van der Waals surface area contributed by atoms with Gasteiger partial charge in [-0.15, -0.1) is 0 Å². The number of amides is 3. The van der Waals surface area contributed by atoms with Crippen LogP contribution in [-0.2, 0) is 9.53 Å². The van der Waals surface area contributed by atoms with Crippen LogP contribution in [0.1, 0.15) is 31.1 Å². The van der Waals surface area contributed by atoms with E-state index >= 15 is 0 Å². The van der Waals surface area contributed by atoms with E-state index in [2.05, 4.69) is 5.32 Å². The summed E-state index contributed by atoms with van der Waals surface area (Å²) in [5.41, 5.74) is 10.9. The summed E-state index contributed by atoms with van der Waals surface area (Å²) in [5.74, 6) is -2.88. The molecule has 3 amide bonds. The lowest BCUT2D eigenvalue weighted by Gasteiger charge is -2.10. The number of esters is 1. The Morgan fingerprint density at radius 3 is 2.10 bits per heavy atom. The first kappa shape index (κ1) is 19.6. The van der Waals surface area contributed by atoms with Crippen LogP contribution < -0.4 is 16.8 Å². The van der Waals surface area contributed by atoms with E-state index in [0.29, 0.717) is 10.9 Å². The number of nitrogens with one attached hydrogen (secondary N) is 1. The fourth-order valence-corrected chi connectivity index (χ4v) is 2.79. The van der Waals surface area contributed by atoms with Crippen molar-refractivity contribution in [1.82, 2.24) is 0 Å². The number of carbonyl (C=O) groups excluding carboxylic acids is 4. The molecule has 0 aliphatic carbocycles. The van der Waals surface area contributed by atoms with Gasteiger partial charge in [-0.1, -0.05) is 36.4 Å². The minimum atomic E-state index is -0.786. The molecule has 0 atom stereocenters. The molecule has 5 N–H and O–H groups in total. The summed E-state index contributed by atoms with van der Waals surface area (Å²) in [4.78, 5) is 47.3. The molecular formula is C21H17N3O5. The second-order valence-electron chi connectivity index (χ2n) is 6.18. The Hall–Kier alpha value is -4.20. The van der Waals surface area contributed by atoms with E-state index in [-0.39, 0.29) is 16.8 Å². The van der Waals surface area contributed by atoms with Crippen LogP contribution in [0.2, 0.25) is 0 Å². The fourth-order valence-electron chi connectivity index (χ4n) is 2.79. The zero-order chi connectivity index (χ0) is 21.0. The Balaban J connectivity index is 1.70. The number of hydrogen-bond donors (Lipinski definition) is 3. The first-order valence-corrected chi connectivity index (χ1v) is 8.54. The maximum atomic E-state index is 12.4. The minimum Gasteiger partial charge on any atom is -0.452 e. The van der Waals surface area contributed by atoms with Crippen LogP contribution in [0, 0.1) is 0 Å². The summed E-state index contributed by atoms with van der Waals surface area (Å²) in [6, 6.07) is 16.3. The summed E-state index contributed by atoms with van der Waals surface area (Å²) in [5, 5.41) is 4.02. The Morgan fingerprint density at radius 1 is 0.828 bits per heavy atom. The van der Waals surface area contributed by atoms with Crippen molar-refractivity contribution in [1.29, 1.82) is 0 Å². The van der Waals surface area contributed by atoms with E-state index in [0.717, 1.165) is 5.39 Å². The van der Waals surface area contributed by atoms with Crippen LogP contribution in [-0.4, -0.2) is 30.3 Å². The van der Waals surface area contributed by atoms with Crippen molar-refractivity contribution in [2.24, 2.45) is 11.5 Å². The maximum Gasteiger partial charge on any atom is 0.339 e. The third kappa shape index (κ3) is 4.56. The normalized spacial score (nSPS) is 10.3. The fraction of sp³-hybridized carbons (Fsp3) is 0.0476. The molecule has 8 heteroatoms. The lowest BCUT2D eigenvalue weighted by molar-refractivity contribution is -0.119. The molecule has 0 aliphatic heterocycles. The highest BCUT2D eigenvalue weighted by Crippen LogP contribution is 2.19. The number of hydrogen-bond acceptors (Lipinski definition) is 5. The van der Waals surface area contributed by atoms with Gasteiger partial charge in [-0.2, -0.15) is 0 Å². The molecule has 0 heterocycles. The summed E-state index contributed by atoms with van der Waals surface area (Å²) in [7, 11) is 0. The molecule has 0 radical (unpaired) electrons. The number of anilines is 1. The second kappa shape index (κ2) is 8.22. The van der Waals surface area contributed by atoms with E-state index in [1.807, 2.05) is 18.2 Å². The summed E-state index contributed by atoms with van der Waals surface area (Å²) >= 11 is 0. The van der Waals surface area contributed by atoms with Crippen LogP contribution in [0.25, 0.3) is 10.8 Å². The molecule has 0 fully saturated rings. The van der Waals surface area contributed by atoms with Crippen molar-refractivity contribution < 1.29 is 23.9 Å². The van der Waals surface area contributed by atoms with E-state index in [1.54, 1.807) is 24.3 Å². The number of carbonyl (C=O) groups is 4. The van der Waals surface area contributed by atoms with E-state index in [1.165, 1.54) is 18.2 Å². The lowest BCUT2D eigenvalue weighted by atomic mass is 10.1. The Bertz CT molecular complexity index is 1100. The number of fused-ring (bicyclic) bond motifs is 1. The van der Waals surface area contributed by atoms with Gasteiger partial charge < -0.3 is 21.5 Å². The van der Waals surface area contributed by atoms with Gasteiger partial charge in [0.1, 0.15) is 0 Å². The molecule has 0 spiro atoms. The van der Waals surface area contributed by atoms with Gasteiger partial charge in [0, 0.05) is 16.8 Å². The predicted molar refractivity (Wildman–Crippen MR) is 106 cm³/mol. The van der Waals surface area contributed by atoms with Gasteiger partial charge in [-0.3, -0.25) is 14.4 Å². The molecule has 0 saturated heterocycles. The SMILES string of the molecule is NC(=O)c1cc(NC(=O)COC(=O)c2cccc3ccccc23)cc(C(N)=O)c1. The molecule has 146 valence electrons. The van der Waals surface area contributed by atoms with Crippen LogP contribution in [0.15, 0.2) is 60.7 Å². The van der Waals surface area contributed by atoms with Gasteiger partial charge in [-0.25, -0.2) is 4.79 Å². The second-order valence-corrected chi connectivity index (χ2v) is 6.18. The van der Waals surface area contributed by atoms with Crippen molar-refractivity contribution in [2.75, 3.05) is 11.9 Å². The molecule has 3 aromatic rings. The number of ether oxygens (including phenoxy) is 1. The first-order valence-electron chi connectivity index (χ1n) is 8.54.